The number of imidazole rings is 1. The van der Waals surface area contributed by atoms with Crippen LogP contribution in [0.15, 0.2) is 152 Å². The molecule has 0 unspecified atom stereocenters. The van der Waals surface area contributed by atoms with Crippen LogP contribution in [0.2, 0.25) is 0 Å². The molecule has 0 atom stereocenters. The van der Waals surface area contributed by atoms with E-state index in [1.54, 1.807) is 0 Å². The monoisotopic (exact) mass is 627 g/mol. The summed E-state index contributed by atoms with van der Waals surface area (Å²) in [6.45, 7) is 0. The molecule has 48 heavy (non-hydrogen) atoms. The van der Waals surface area contributed by atoms with Crippen molar-refractivity contribution in [1.29, 1.82) is 0 Å². The van der Waals surface area contributed by atoms with Crippen LogP contribution in [-0.2, 0) is 0 Å². The van der Waals surface area contributed by atoms with Crippen LogP contribution in [0.3, 0.4) is 0 Å². The van der Waals surface area contributed by atoms with Gasteiger partial charge in [-0.1, -0.05) is 109 Å². The predicted octanol–water partition coefficient (Wildman–Crippen LogP) is 12.2. The van der Waals surface area contributed by atoms with Crippen LogP contribution in [0, 0.1) is 0 Å². The summed E-state index contributed by atoms with van der Waals surface area (Å²) in [5, 5.41) is 11.0. The van der Waals surface area contributed by atoms with E-state index < -0.39 is 0 Å². The first kappa shape index (κ1) is 26.0. The van der Waals surface area contributed by atoms with Gasteiger partial charge < -0.3 is 0 Å². The maximum Gasteiger partial charge on any atom is 0.156 e. The highest BCUT2D eigenvalue weighted by atomic mass is 32.1. The third kappa shape index (κ3) is 3.63. The molecule has 0 amide bonds. The molecular formula is C44H25N3S. The lowest BCUT2D eigenvalue weighted by molar-refractivity contribution is 1.25. The second-order valence-electron chi connectivity index (χ2n) is 12.6. The van der Waals surface area contributed by atoms with Crippen LogP contribution < -0.4 is 0 Å². The summed E-state index contributed by atoms with van der Waals surface area (Å²) in [7, 11) is 0. The average molecular weight is 628 g/mol. The fourth-order valence-corrected chi connectivity index (χ4v) is 8.90. The molecule has 4 heterocycles. The van der Waals surface area contributed by atoms with Crippen LogP contribution in [0.5, 0.6) is 0 Å². The van der Waals surface area contributed by atoms with Gasteiger partial charge in [0.2, 0.25) is 0 Å². The highest BCUT2D eigenvalue weighted by Gasteiger charge is 2.19. The molecule has 7 aromatic carbocycles. The number of benzene rings is 7. The van der Waals surface area contributed by atoms with Gasteiger partial charge in [-0.3, -0.25) is 9.38 Å². The Bertz CT molecular complexity index is 3110. The molecule has 0 saturated heterocycles. The summed E-state index contributed by atoms with van der Waals surface area (Å²) in [5.41, 5.74) is 8.92. The first-order chi connectivity index (χ1) is 23.8. The maximum atomic E-state index is 5.42. The zero-order valence-electron chi connectivity index (χ0n) is 25.7. The van der Waals surface area contributed by atoms with E-state index in [1.165, 1.54) is 63.6 Å². The fourth-order valence-electron chi connectivity index (χ4n) is 7.71. The van der Waals surface area contributed by atoms with E-state index >= 15 is 0 Å². The number of nitrogens with zero attached hydrogens (tertiary/aromatic N) is 3. The highest BCUT2D eigenvalue weighted by molar-refractivity contribution is 7.26. The van der Waals surface area contributed by atoms with Crippen LogP contribution in [-0.4, -0.2) is 14.4 Å². The largest absolute Gasteiger partial charge is 0.291 e. The van der Waals surface area contributed by atoms with Gasteiger partial charge in [0.25, 0.3) is 0 Å². The first-order valence-electron chi connectivity index (χ1n) is 16.2. The third-order valence-corrected chi connectivity index (χ3v) is 11.1. The summed E-state index contributed by atoms with van der Waals surface area (Å²) in [6, 6.07) is 52.9. The van der Waals surface area contributed by atoms with Crippen LogP contribution in [0.1, 0.15) is 0 Å². The zero-order valence-corrected chi connectivity index (χ0v) is 26.5. The summed E-state index contributed by atoms with van der Waals surface area (Å²) >= 11 is 1.84. The van der Waals surface area contributed by atoms with E-state index in [1.807, 2.05) is 23.6 Å². The van der Waals surface area contributed by atoms with Crippen molar-refractivity contribution in [2.24, 2.45) is 0 Å². The van der Waals surface area contributed by atoms with Crippen molar-refractivity contribution in [1.82, 2.24) is 14.4 Å². The molecule has 11 rings (SSSR count). The Morgan fingerprint density at radius 2 is 1.19 bits per heavy atom. The lowest BCUT2D eigenvalue weighted by Gasteiger charge is -2.12. The molecule has 0 aliphatic carbocycles. The molecule has 0 bridgehead atoms. The van der Waals surface area contributed by atoms with Crippen LogP contribution in [0.4, 0.5) is 0 Å². The van der Waals surface area contributed by atoms with Gasteiger partial charge in [0.1, 0.15) is 0 Å². The van der Waals surface area contributed by atoms with E-state index in [4.69, 9.17) is 9.97 Å². The molecule has 0 spiro atoms. The van der Waals surface area contributed by atoms with Crippen molar-refractivity contribution in [3.8, 4) is 22.4 Å². The molecule has 3 nitrogen and oxygen atoms in total. The van der Waals surface area contributed by atoms with Gasteiger partial charge >= 0.3 is 0 Å². The molecule has 0 aliphatic heterocycles. The van der Waals surface area contributed by atoms with Crippen LogP contribution >= 0.6 is 11.3 Å². The Balaban J connectivity index is 1.20. The molecule has 0 aliphatic rings. The second-order valence-corrected chi connectivity index (χ2v) is 13.7. The fraction of sp³-hybridized carbons (Fsp3) is 0. The summed E-state index contributed by atoms with van der Waals surface area (Å²) in [6.07, 6.45) is 1.88. The lowest BCUT2D eigenvalue weighted by Crippen LogP contribution is -1.93. The number of pyridine rings is 2. The van der Waals surface area contributed by atoms with Gasteiger partial charge in [0.05, 0.1) is 26.9 Å². The summed E-state index contributed by atoms with van der Waals surface area (Å²) in [5.74, 6) is 0. The molecule has 4 aromatic heterocycles. The SMILES string of the molecule is c1ccc2cc3c(cc2c1)sc1c3cc(-c2ccc(-c3cc4cccnc4c4ccccc34)cc2)n2c3ccc4ccccc4c3nc12. The molecule has 0 saturated carbocycles. The van der Waals surface area contributed by atoms with Crippen molar-refractivity contribution < 1.29 is 0 Å². The van der Waals surface area contributed by atoms with Crippen molar-refractivity contribution >= 4 is 91.4 Å². The van der Waals surface area contributed by atoms with Gasteiger partial charge in [-0.05, 0) is 74.6 Å². The number of aromatic nitrogens is 3. The number of hydrogen-bond acceptors (Lipinski definition) is 3. The van der Waals surface area contributed by atoms with E-state index in [0.29, 0.717) is 0 Å². The molecule has 0 radical (unpaired) electrons. The number of rotatable bonds is 2. The molecule has 222 valence electrons. The van der Waals surface area contributed by atoms with E-state index in [0.717, 1.165) is 38.8 Å². The minimum atomic E-state index is 1.01. The normalized spacial score (nSPS) is 12.2. The Morgan fingerprint density at radius 1 is 0.479 bits per heavy atom. The van der Waals surface area contributed by atoms with Gasteiger partial charge in [-0.2, -0.15) is 0 Å². The average Bonchev–Trinajstić information content (AvgIpc) is 3.72. The molecule has 11 aromatic rings. The Morgan fingerprint density at radius 3 is 2.04 bits per heavy atom. The van der Waals surface area contributed by atoms with Crippen molar-refractivity contribution in [3.63, 3.8) is 0 Å². The zero-order chi connectivity index (χ0) is 31.3. The van der Waals surface area contributed by atoms with Crippen LogP contribution in [0.25, 0.3) is 102 Å². The Hall–Kier alpha value is -6.10. The maximum absolute atomic E-state index is 5.42. The smallest absolute Gasteiger partial charge is 0.156 e. The standard InChI is InChI=1S/C44H25N3S/c1-2-10-30-24-40-36(22-29(30)9-1)37-25-39(47-38-20-19-26-8-3-4-12-32(26)42(38)46-44(47)43(37)48-40)28-17-15-27(16-18-28)35-23-31-11-7-21-45-41(31)34-14-6-5-13-33(34)35/h1-25H. The van der Waals surface area contributed by atoms with Gasteiger partial charge in [0, 0.05) is 37.8 Å². The number of hydrogen-bond donors (Lipinski definition) is 0. The van der Waals surface area contributed by atoms with Crippen molar-refractivity contribution in [3.05, 3.63) is 152 Å². The van der Waals surface area contributed by atoms with E-state index in [-0.39, 0.29) is 0 Å². The Kier molecular flexibility index (Phi) is 5.26. The Labute approximate surface area is 279 Å². The number of fused-ring (bicyclic) bond motifs is 13. The van der Waals surface area contributed by atoms with Gasteiger partial charge in [0.15, 0.2) is 5.65 Å². The lowest BCUT2D eigenvalue weighted by atomic mass is 9.94. The van der Waals surface area contributed by atoms with E-state index in [2.05, 4.69) is 144 Å². The molecule has 0 N–H and O–H groups in total. The van der Waals surface area contributed by atoms with E-state index in [9.17, 15) is 0 Å². The predicted molar refractivity (Wildman–Crippen MR) is 204 cm³/mol. The third-order valence-electron chi connectivity index (χ3n) is 9.97. The summed E-state index contributed by atoms with van der Waals surface area (Å²) in [4.78, 5) is 10.1. The summed E-state index contributed by atoms with van der Waals surface area (Å²) < 4.78 is 4.88. The van der Waals surface area contributed by atoms with Gasteiger partial charge in [-0.15, -0.1) is 11.3 Å². The van der Waals surface area contributed by atoms with Gasteiger partial charge in [-0.25, -0.2) is 4.98 Å². The van der Waals surface area contributed by atoms with Crippen molar-refractivity contribution in [2.45, 2.75) is 0 Å². The second kappa shape index (κ2) is 9.71. The number of thiophene rings is 1. The molecule has 0 fully saturated rings. The van der Waals surface area contributed by atoms with Crippen molar-refractivity contribution in [2.75, 3.05) is 0 Å². The topological polar surface area (TPSA) is 30.2 Å². The minimum absolute atomic E-state index is 1.01. The first-order valence-corrected chi connectivity index (χ1v) is 17.1. The molecular weight excluding hydrogens is 603 g/mol. The highest BCUT2D eigenvalue weighted by Crippen LogP contribution is 2.43. The quantitative estimate of drug-likeness (QED) is 0.179. The minimum Gasteiger partial charge on any atom is -0.291 e. The molecule has 4 heteroatoms.